The Morgan fingerprint density at radius 3 is 2.87 bits per heavy atom. The normalized spacial score (nSPS) is 27.1. The summed E-state index contributed by atoms with van der Waals surface area (Å²) in [6, 6.07) is 0.313. The van der Waals surface area contributed by atoms with Crippen molar-refractivity contribution in [3.63, 3.8) is 0 Å². The van der Waals surface area contributed by atoms with Crippen molar-refractivity contribution in [1.82, 2.24) is 10.2 Å². The number of morpholine rings is 1. The summed E-state index contributed by atoms with van der Waals surface area (Å²) in [6.07, 6.45) is 3.38. The molecule has 1 saturated carbocycles. The van der Waals surface area contributed by atoms with Gasteiger partial charge in [0.15, 0.2) is 0 Å². The van der Waals surface area contributed by atoms with Crippen LogP contribution in [0.15, 0.2) is 0 Å². The molecule has 0 aromatic rings. The number of ether oxygens (including phenoxy) is 1. The van der Waals surface area contributed by atoms with E-state index in [4.69, 9.17) is 4.74 Å². The lowest BCUT2D eigenvalue weighted by atomic mass is 9.84. The average molecular weight is 212 g/mol. The number of nitrogens with one attached hydrogen (secondary N) is 1. The predicted molar refractivity (Wildman–Crippen MR) is 57.6 cm³/mol. The highest BCUT2D eigenvalue weighted by Crippen LogP contribution is 2.27. The summed E-state index contributed by atoms with van der Waals surface area (Å²) in [7, 11) is 1.90. The second-order valence-corrected chi connectivity index (χ2v) is 4.57. The van der Waals surface area contributed by atoms with E-state index >= 15 is 0 Å². The molecule has 2 rings (SSSR count). The molecule has 15 heavy (non-hydrogen) atoms. The van der Waals surface area contributed by atoms with Gasteiger partial charge in [0.2, 0.25) is 5.91 Å². The molecule has 2 fully saturated rings. The van der Waals surface area contributed by atoms with Crippen molar-refractivity contribution in [3.05, 3.63) is 0 Å². The molecule has 1 amide bonds. The van der Waals surface area contributed by atoms with Gasteiger partial charge in [-0.3, -0.25) is 4.79 Å². The maximum atomic E-state index is 11.9. The maximum absolute atomic E-state index is 11.9. The summed E-state index contributed by atoms with van der Waals surface area (Å²) in [5, 5.41) is 3.36. The van der Waals surface area contributed by atoms with Crippen molar-refractivity contribution in [2.24, 2.45) is 5.92 Å². The number of amides is 1. The van der Waals surface area contributed by atoms with Gasteiger partial charge >= 0.3 is 0 Å². The largest absolute Gasteiger partial charge is 0.378 e. The molecule has 0 spiro atoms. The van der Waals surface area contributed by atoms with Crippen molar-refractivity contribution < 1.29 is 9.53 Å². The molecule has 86 valence electrons. The van der Waals surface area contributed by atoms with Crippen LogP contribution in [0.3, 0.4) is 0 Å². The SMILES string of the molecule is CN(CC1COCCN1)C(=O)C1CCC1. The van der Waals surface area contributed by atoms with E-state index in [1.807, 2.05) is 11.9 Å². The third kappa shape index (κ3) is 2.69. The van der Waals surface area contributed by atoms with Gasteiger partial charge < -0.3 is 15.0 Å². The number of nitrogens with zero attached hydrogens (tertiary/aromatic N) is 1. The van der Waals surface area contributed by atoms with Gasteiger partial charge in [0.1, 0.15) is 0 Å². The second-order valence-electron chi connectivity index (χ2n) is 4.57. The summed E-state index contributed by atoms with van der Waals surface area (Å²) in [4.78, 5) is 13.7. The molecular weight excluding hydrogens is 192 g/mol. The summed E-state index contributed by atoms with van der Waals surface area (Å²) in [5.74, 6) is 0.619. The highest BCUT2D eigenvalue weighted by molar-refractivity contribution is 5.79. The van der Waals surface area contributed by atoms with E-state index in [9.17, 15) is 4.79 Å². The molecule has 2 aliphatic rings. The monoisotopic (exact) mass is 212 g/mol. The molecule has 0 aromatic carbocycles. The smallest absolute Gasteiger partial charge is 0.225 e. The first-order chi connectivity index (χ1) is 7.27. The summed E-state index contributed by atoms with van der Waals surface area (Å²) >= 11 is 0. The molecule has 1 saturated heterocycles. The van der Waals surface area contributed by atoms with Gasteiger partial charge in [-0.2, -0.15) is 0 Å². The molecule has 1 aliphatic carbocycles. The molecule has 1 unspecified atom stereocenters. The Bertz CT molecular complexity index is 223. The van der Waals surface area contributed by atoms with Crippen molar-refractivity contribution >= 4 is 5.91 Å². The van der Waals surface area contributed by atoms with Gasteiger partial charge in [-0.25, -0.2) is 0 Å². The first-order valence-corrected chi connectivity index (χ1v) is 5.83. The van der Waals surface area contributed by atoms with Gasteiger partial charge in [-0.1, -0.05) is 6.42 Å². The molecule has 4 nitrogen and oxygen atoms in total. The van der Waals surface area contributed by atoms with Crippen molar-refractivity contribution in [1.29, 1.82) is 0 Å². The molecule has 4 heteroatoms. The second kappa shape index (κ2) is 4.94. The zero-order chi connectivity index (χ0) is 10.7. The van der Waals surface area contributed by atoms with Crippen LogP contribution in [0.1, 0.15) is 19.3 Å². The number of hydrogen-bond donors (Lipinski definition) is 1. The zero-order valence-electron chi connectivity index (χ0n) is 9.37. The highest BCUT2D eigenvalue weighted by Gasteiger charge is 2.29. The molecule has 0 aromatic heterocycles. The minimum atomic E-state index is 0.305. The average Bonchev–Trinajstić information content (AvgIpc) is 2.16. The summed E-state index contributed by atoms with van der Waals surface area (Å²) in [5.41, 5.74) is 0. The van der Waals surface area contributed by atoms with Gasteiger partial charge in [0.25, 0.3) is 0 Å². The van der Waals surface area contributed by atoms with Crippen LogP contribution in [-0.4, -0.2) is 50.2 Å². The van der Waals surface area contributed by atoms with Gasteiger partial charge in [0, 0.05) is 32.1 Å². The summed E-state index contributed by atoms with van der Waals surface area (Å²) < 4.78 is 5.36. The zero-order valence-corrected chi connectivity index (χ0v) is 9.37. The van der Waals surface area contributed by atoms with E-state index < -0.39 is 0 Å². The fourth-order valence-corrected chi connectivity index (χ4v) is 2.12. The van der Waals surface area contributed by atoms with Crippen LogP contribution in [0.25, 0.3) is 0 Å². The first-order valence-electron chi connectivity index (χ1n) is 5.83. The van der Waals surface area contributed by atoms with Crippen LogP contribution in [0.4, 0.5) is 0 Å². The van der Waals surface area contributed by atoms with E-state index in [1.165, 1.54) is 6.42 Å². The minimum Gasteiger partial charge on any atom is -0.378 e. The van der Waals surface area contributed by atoms with Gasteiger partial charge in [-0.15, -0.1) is 0 Å². The highest BCUT2D eigenvalue weighted by atomic mass is 16.5. The van der Waals surface area contributed by atoms with Gasteiger partial charge in [0.05, 0.1) is 13.2 Å². The standard InChI is InChI=1S/C11H20N2O2/c1-13(11(14)9-3-2-4-9)7-10-8-15-6-5-12-10/h9-10,12H,2-8H2,1H3. The van der Waals surface area contributed by atoms with Crippen LogP contribution in [0.2, 0.25) is 0 Å². The fourth-order valence-electron chi connectivity index (χ4n) is 2.12. The van der Waals surface area contributed by atoms with Crippen LogP contribution < -0.4 is 5.32 Å². The van der Waals surface area contributed by atoms with E-state index in [1.54, 1.807) is 0 Å². The number of likely N-dealkylation sites (N-methyl/N-ethyl adjacent to an activating group) is 1. The van der Waals surface area contributed by atoms with E-state index in [-0.39, 0.29) is 0 Å². The Balaban J connectivity index is 1.74. The quantitative estimate of drug-likeness (QED) is 0.728. The molecule has 1 heterocycles. The third-order valence-corrected chi connectivity index (χ3v) is 3.32. The van der Waals surface area contributed by atoms with Crippen molar-refractivity contribution in [2.75, 3.05) is 33.4 Å². The topological polar surface area (TPSA) is 41.6 Å². The van der Waals surface area contributed by atoms with Crippen LogP contribution in [0.5, 0.6) is 0 Å². The van der Waals surface area contributed by atoms with Crippen molar-refractivity contribution in [3.8, 4) is 0 Å². The van der Waals surface area contributed by atoms with E-state index in [2.05, 4.69) is 5.32 Å². The number of rotatable bonds is 3. The first kappa shape index (κ1) is 10.9. The minimum absolute atomic E-state index is 0.305. The number of carbonyl (C=O) groups excluding carboxylic acids is 1. The fraction of sp³-hybridized carbons (Fsp3) is 0.909. The molecule has 0 bridgehead atoms. The lowest BCUT2D eigenvalue weighted by Crippen LogP contribution is -2.50. The Kier molecular flexibility index (Phi) is 3.59. The molecule has 0 radical (unpaired) electrons. The van der Waals surface area contributed by atoms with Crippen LogP contribution >= 0.6 is 0 Å². The van der Waals surface area contributed by atoms with Crippen molar-refractivity contribution in [2.45, 2.75) is 25.3 Å². The molecule has 1 atom stereocenters. The van der Waals surface area contributed by atoms with E-state index in [0.29, 0.717) is 17.9 Å². The van der Waals surface area contributed by atoms with E-state index in [0.717, 1.165) is 39.1 Å². The molecule has 1 N–H and O–H groups in total. The van der Waals surface area contributed by atoms with Crippen LogP contribution in [-0.2, 0) is 9.53 Å². The Morgan fingerprint density at radius 2 is 2.33 bits per heavy atom. The Labute approximate surface area is 91.0 Å². The number of carbonyl (C=O) groups is 1. The predicted octanol–water partition coefficient (Wildman–Crippen LogP) is 0.233. The lowest BCUT2D eigenvalue weighted by molar-refractivity contribution is -0.137. The lowest BCUT2D eigenvalue weighted by Gasteiger charge is -2.33. The Morgan fingerprint density at radius 1 is 1.53 bits per heavy atom. The third-order valence-electron chi connectivity index (χ3n) is 3.32. The molecule has 1 aliphatic heterocycles. The summed E-state index contributed by atoms with van der Waals surface area (Å²) in [6.45, 7) is 3.19. The van der Waals surface area contributed by atoms with Crippen LogP contribution in [0, 0.1) is 5.92 Å². The van der Waals surface area contributed by atoms with Gasteiger partial charge in [-0.05, 0) is 12.8 Å². The Hall–Kier alpha value is -0.610. The maximum Gasteiger partial charge on any atom is 0.225 e. The number of hydrogen-bond acceptors (Lipinski definition) is 3. The molecular formula is C11H20N2O2.